The predicted octanol–water partition coefficient (Wildman–Crippen LogP) is 4.05. The number of pyridine rings is 2. The minimum Gasteiger partial charge on any atom is -0.347 e. The molecule has 3 heterocycles. The second-order valence-corrected chi connectivity index (χ2v) is 7.84. The van der Waals surface area contributed by atoms with Crippen LogP contribution in [-0.2, 0) is 6.54 Å². The first-order valence-electron chi connectivity index (χ1n) is 9.29. The summed E-state index contributed by atoms with van der Waals surface area (Å²) in [5, 5.41) is 3.87. The van der Waals surface area contributed by atoms with Gasteiger partial charge in [-0.05, 0) is 60.7 Å². The molecule has 0 spiro atoms. The number of aromatic nitrogens is 2. The normalized spacial score (nSPS) is 15.0. The van der Waals surface area contributed by atoms with E-state index >= 15 is 0 Å². The van der Waals surface area contributed by atoms with Gasteiger partial charge in [-0.1, -0.05) is 18.6 Å². The van der Waals surface area contributed by atoms with Crippen LogP contribution in [-0.4, -0.2) is 33.3 Å². The maximum atomic E-state index is 12.4. The van der Waals surface area contributed by atoms with Crippen molar-refractivity contribution in [3.05, 3.63) is 66.1 Å². The number of amides is 1. The van der Waals surface area contributed by atoms with E-state index in [0.29, 0.717) is 12.2 Å². The third-order valence-electron chi connectivity index (χ3n) is 4.65. The third-order valence-corrected chi connectivity index (χ3v) is 5.75. The van der Waals surface area contributed by atoms with Crippen molar-refractivity contribution in [1.29, 1.82) is 0 Å². The summed E-state index contributed by atoms with van der Waals surface area (Å²) < 4.78 is 2.43. The monoisotopic (exact) mass is 378 g/mol. The van der Waals surface area contributed by atoms with Crippen LogP contribution in [0.2, 0.25) is 0 Å². The zero-order chi connectivity index (χ0) is 18.5. The van der Waals surface area contributed by atoms with E-state index in [1.54, 1.807) is 18.5 Å². The number of hydrogen-bond donors (Lipinski definition) is 1. The summed E-state index contributed by atoms with van der Waals surface area (Å²) in [5.41, 5.74) is 2.28. The zero-order valence-corrected chi connectivity index (χ0v) is 15.9. The molecule has 1 amide bonds. The summed E-state index contributed by atoms with van der Waals surface area (Å²) in [6.45, 7) is 2.82. The molecular weight excluding hydrogens is 356 g/mol. The first-order chi connectivity index (χ1) is 13.3. The number of piperidine rings is 1. The number of fused-ring (bicyclic) bond motifs is 1. The van der Waals surface area contributed by atoms with Crippen LogP contribution in [0.25, 0.3) is 10.9 Å². The second kappa shape index (κ2) is 8.50. The van der Waals surface area contributed by atoms with E-state index < -0.39 is 0 Å². The first-order valence-corrected chi connectivity index (χ1v) is 10.1. The Kier molecular flexibility index (Phi) is 5.65. The molecule has 0 aliphatic carbocycles. The molecule has 2 aromatic heterocycles. The van der Waals surface area contributed by atoms with Gasteiger partial charge in [-0.3, -0.25) is 9.78 Å². The Balaban J connectivity index is 1.34. The quantitative estimate of drug-likeness (QED) is 0.679. The van der Waals surface area contributed by atoms with E-state index in [2.05, 4.69) is 43.9 Å². The molecule has 1 aliphatic heterocycles. The van der Waals surface area contributed by atoms with Crippen LogP contribution in [0.15, 0.2) is 59.8 Å². The minimum absolute atomic E-state index is 0.166. The molecule has 1 aromatic carbocycles. The summed E-state index contributed by atoms with van der Waals surface area (Å²) in [6.07, 6.45) is 7.35. The lowest BCUT2D eigenvalue weighted by atomic mass is 10.2. The lowest BCUT2D eigenvalue weighted by molar-refractivity contribution is 0.0946. The predicted molar refractivity (Wildman–Crippen MR) is 108 cm³/mol. The summed E-state index contributed by atoms with van der Waals surface area (Å²) in [5.74, 6) is -0.166. The van der Waals surface area contributed by atoms with E-state index in [1.165, 1.54) is 24.2 Å². The highest BCUT2D eigenvalue weighted by molar-refractivity contribution is 7.97. The van der Waals surface area contributed by atoms with E-state index in [4.69, 9.17) is 0 Å². The number of nitrogens with zero attached hydrogens (tertiary/aromatic N) is 3. The molecule has 0 unspecified atom stereocenters. The minimum atomic E-state index is -0.166. The number of rotatable bonds is 5. The number of hydrogen-bond acceptors (Lipinski definition) is 5. The van der Waals surface area contributed by atoms with Crippen molar-refractivity contribution in [3.63, 3.8) is 0 Å². The van der Waals surface area contributed by atoms with Crippen LogP contribution < -0.4 is 5.32 Å². The smallest absolute Gasteiger partial charge is 0.270 e. The summed E-state index contributed by atoms with van der Waals surface area (Å²) in [6, 6.07) is 13.8. The van der Waals surface area contributed by atoms with Gasteiger partial charge in [0, 0.05) is 42.3 Å². The molecule has 1 saturated heterocycles. The van der Waals surface area contributed by atoms with Gasteiger partial charge in [-0.2, -0.15) is 0 Å². The Morgan fingerprint density at radius 1 is 1.04 bits per heavy atom. The first kappa shape index (κ1) is 17.9. The number of benzene rings is 1. The van der Waals surface area contributed by atoms with E-state index in [0.717, 1.165) is 29.6 Å². The molecule has 1 aliphatic rings. The van der Waals surface area contributed by atoms with Gasteiger partial charge in [-0.15, -0.1) is 0 Å². The van der Waals surface area contributed by atoms with Crippen LogP contribution >= 0.6 is 11.9 Å². The van der Waals surface area contributed by atoms with E-state index in [1.807, 2.05) is 24.1 Å². The van der Waals surface area contributed by atoms with Crippen LogP contribution in [0.1, 0.15) is 35.3 Å². The fourth-order valence-electron chi connectivity index (χ4n) is 3.14. The highest BCUT2D eigenvalue weighted by Crippen LogP contribution is 2.26. The average Bonchev–Trinajstić information content (AvgIpc) is 2.73. The maximum absolute atomic E-state index is 12.4. The summed E-state index contributed by atoms with van der Waals surface area (Å²) in [7, 11) is 0. The molecule has 1 fully saturated rings. The summed E-state index contributed by atoms with van der Waals surface area (Å²) in [4.78, 5) is 22.1. The molecule has 1 N–H and O–H groups in total. The Morgan fingerprint density at radius 3 is 2.67 bits per heavy atom. The van der Waals surface area contributed by atoms with Crippen molar-refractivity contribution in [3.8, 4) is 0 Å². The Labute approximate surface area is 163 Å². The van der Waals surface area contributed by atoms with Crippen molar-refractivity contribution >= 4 is 28.8 Å². The Bertz CT molecular complexity index is 923. The third kappa shape index (κ3) is 4.64. The molecule has 6 heteroatoms. The number of carbonyl (C=O) groups is 1. The summed E-state index contributed by atoms with van der Waals surface area (Å²) >= 11 is 1.83. The molecule has 27 heavy (non-hydrogen) atoms. The van der Waals surface area contributed by atoms with E-state index in [-0.39, 0.29) is 5.91 Å². The standard InChI is InChI=1S/C21H22N4OS/c26-21(20-9-6-17-15-22-11-10-19(17)24-20)23-14-16-4-7-18(8-5-16)27-25-12-2-1-3-13-25/h4-11,15H,1-3,12-14H2,(H,23,26). The SMILES string of the molecule is O=C(NCc1ccc(SN2CCCCC2)cc1)c1ccc2cnccc2n1. The lowest BCUT2D eigenvalue weighted by Gasteiger charge is -2.25. The van der Waals surface area contributed by atoms with Gasteiger partial charge in [0.05, 0.1) is 5.52 Å². The average molecular weight is 379 g/mol. The lowest BCUT2D eigenvalue weighted by Crippen LogP contribution is -2.24. The molecular formula is C21H22N4OS. The topological polar surface area (TPSA) is 58.1 Å². The van der Waals surface area contributed by atoms with Gasteiger partial charge in [0.1, 0.15) is 5.69 Å². The second-order valence-electron chi connectivity index (χ2n) is 6.67. The molecule has 138 valence electrons. The van der Waals surface area contributed by atoms with Crippen LogP contribution in [0.3, 0.4) is 0 Å². The van der Waals surface area contributed by atoms with Gasteiger partial charge < -0.3 is 5.32 Å². The molecule has 3 aromatic rings. The highest BCUT2D eigenvalue weighted by Gasteiger charge is 2.12. The Morgan fingerprint density at radius 2 is 1.85 bits per heavy atom. The van der Waals surface area contributed by atoms with Gasteiger partial charge in [-0.25, -0.2) is 9.29 Å². The highest BCUT2D eigenvalue weighted by atomic mass is 32.2. The van der Waals surface area contributed by atoms with Crippen LogP contribution in [0, 0.1) is 0 Å². The van der Waals surface area contributed by atoms with Gasteiger partial charge in [0.2, 0.25) is 0 Å². The number of carbonyl (C=O) groups excluding carboxylic acids is 1. The van der Waals surface area contributed by atoms with E-state index in [9.17, 15) is 4.79 Å². The Hall–Kier alpha value is -2.44. The van der Waals surface area contributed by atoms with Crippen molar-refractivity contribution < 1.29 is 4.79 Å². The zero-order valence-electron chi connectivity index (χ0n) is 15.1. The van der Waals surface area contributed by atoms with Gasteiger partial charge in [0.25, 0.3) is 5.91 Å². The van der Waals surface area contributed by atoms with Crippen molar-refractivity contribution in [2.24, 2.45) is 0 Å². The largest absolute Gasteiger partial charge is 0.347 e. The molecule has 0 radical (unpaired) electrons. The molecule has 5 nitrogen and oxygen atoms in total. The van der Waals surface area contributed by atoms with Crippen molar-refractivity contribution in [2.45, 2.75) is 30.7 Å². The molecule has 0 bridgehead atoms. The molecule has 0 atom stereocenters. The van der Waals surface area contributed by atoms with Crippen LogP contribution in [0.5, 0.6) is 0 Å². The number of nitrogens with one attached hydrogen (secondary N) is 1. The molecule has 0 saturated carbocycles. The van der Waals surface area contributed by atoms with Crippen molar-refractivity contribution in [2.75, 3.05) is 13.1 Å². The fraction of sp³-hybridized carbons (Fsp3) is 0.286. The van der Waals surface area contributed by atoms with Crippen LogP contribution in [0.4, 0.5) is 0 Å². The van der Waals surface area contributed by atoms with Gasteiger partial charge in [0.15, 0.2) is 0 Å². The van der Waals surface area contributed by atoms with Crippen molar-refractivity contribution in [1.82, 2.24) is 19.6 Å². The van der Waals surface area contributed by atoms with Gasteiger partial charge >= 0.3 is 0 Å². The molecule has 4 rings (SSSR count). The maximum Gasteiger partial charge on any atom is 0.270 e. The fourth-order valence-corrected chi connectivity index (χ4v) is 4.13.